The fourth-order valence-electron chi connectivity index (χ4n) is 1.19. The van der Waals surface area contributed by atoms with Gasteiger partial charge >= 0.3 is 0 Å². The van der Waals surface area contributed by atoms with E-state index in [0.717, 1.165) is 6.42 Å². The van der Waals surface area contributed by atoms with E-state index in [2.05, 4.69) is 9.88 Å². The standard InChI is InChI=1S/C9H21N3O3S/c1-4-5-6-16(14,15)12-8(7(2)3)9(10)11-13/h7-8,12-13H,4-6H2,1-3H3,(H2,10,11). The van der Waals surface area contributed by atoms with Crippen LogP contribution in [0.2, 0.25) is 0 Å². The lowest BCUT2D eigenvalue weighted by molar-refractivity contribution is 0.313. The number of hydrogen-bond acceptors (Lipinski definition) is 4. The van der Waals surface area contributed by atoms with Crippen LogP contribution in [0.25, 0.3) is 0 Å². The molecule has 0 saturated carbocycles. The summed E-state index contributed by atoms with van der Waals surface area (Å²) in [6.07, 6.45) is 1.40. The number of rotatable bonds is 7. The molecule has 0 saturated heterocycles. The Morgan fingerprint density at radius 2 is 2.06 bits per heavy atom. The number of hydrogen-bond donors (Lipinski definition) is 3. The minimum atomic E-state index is -3.37. The maximum atomic E-state index is 11.6. The van der Waals surface area contributed by atoms with Crippen molar-refractivity contribution >= 4 is 15.9 Å². The van der Waals surface area contributed by atoms with Gasteiger partial charge in [0.1, 0.15) is 0 Å². The van der Waals surface area contributed by atoms with Gasteiger partial charge in [-0.3, -0.25) is 0 Å². The van der Waals surface area contributed by atoms with Gasteiger partial charge in [-0.2, -0.15) is 0 Å². The largest absolute Gasteiger partial charge is 0.409 e. The Labute approximate surface area is 97.0 Å². The smallest absolute Gasteiger partial charge is 0.212 e. The number of oxime groups is 1. The maximum absolute atomic E-state index is 11.6. The summed E-state index contributed by atoms with van der Waals surface area (Å²) in [5.74, 6) is -0.131. The first-order chi connectivity index (χ1) is 7.34. The van der Waals surface area contributed by atoms with E-state index in [1.807, 2.05) is 6.92 Å². The molecule has 0 fully saturated rings. The van der Waals surface area contributed by atoms with Crippen LogP contribution in [0, 0.1) is 5.92 Å². The second kappa shape index (κ2) is 6.70. The predicted octanol–water partition coefficient (Wildman–Crippen LogP) is 0.477. The summed E-state index contributed by atoms with van der Waals surface area (Å²) in [6.45, 7) is 5.51. The molecule has 0 bridgehead atoms. The molecule has 0 heterocycles. The van der Waals surface area contributed by atoms with Crippen LogP contribution in [0.1, 0.15) is 33.6 Å². The molecule has 0 aliphatic carbocycles. The first-order valence-electron chi connectivity index (χ1n) is 5.31. The van der Waals surface area contributed by atoms with E-state index in [0.29, 0.717) is 6.42 Å². The first-order valence-corrected chi connectivity index (χ1v) is 6.96. The molecule has 16 heavy (non-hydrogen) atoms. The number of amidine groups is 1. The highest BCUT2D eigenvalue weighted by Crippen LogP contribution is 2.05. The van der Waals surface area contributed by atoms with Crippen LogP contribution in [0.5, 0.6) is 0 Å². The lowest BCUT2D eigenvalue weighted by Crippen LogP contribution is -2.48. The van der Waals surface area contributed by atoms with Crippen molar-refractivity contribution in [3.63, 3.8) is 0 Å². The fourth-order valence-corrected chi connectivity index (χ4v) is 2.75. The summed E-state index contributed by atoms with van der Waals surface area (Å²) in [6, 6.07) is -0.660. The molecular weight excluding hydrogens is 230 g/mol. The molecule has 0 rings (SSSR count). The van der Waals surface area contributed by atoms with E-state index in [-0.39, 0.29) is 17.5 Å². The van der Waals surface area contributed by atoms with Crippen molar-refractivity contribution in [1.82, 2.24) is 4.72 Å². The molecule has 0 aromatic heterocycles. The van der Waals surface area contributed by atoms with E-state index < -0.39 is 16.1 Å². The summed E-state index contributed by atoms with van der Waals surface area (Å²) in [4.78, 5) is 0. The zero-order valence-corrected chi connectivity index (χ0v) is 10.8. The van der Waals surface area contributed by atoms with Crippen molar-refractivity contribution in [3.05, 3.63) is 0 Å². The third-order valence-electron chi connectivity index (χ3n) is 2.17. The molecular formula is C9H21N3O3S. The molecule has 96 valence electrons. The van der Waals surface area contributed by atoms with Crippen molar-refractivity contribution in [2.24, 2.45) is 16.8 Å². The number of nitrogens with two attached hydrogens (primary N) is 1. The summed E-state index contributed by atoms with van der Waals surface area (Å²) in [7, 11) is -3.37. The molecule has 6 nitrogen and oxygen atoms in total. The summed E-state index contributed by atoms with van der Waals surface area (Å²) in [5, 5.41) is 11.4. The van der Waals surface area contributed by atoms with Crippen LogP contribution in [0.3, 0.4) is 0 Å². The second-order valence-electron chi connectivity index (χ2n) is 4.04. The van der Waals surface area contributed by atoms with Crippen LogP contribution in [0.15, 0.2) is 5.16 Å². The zero-order valence-electron chi connectivity index (χ0n) is 9.97. The molecule has 0 aromatic carbocycles. The van der Waals surface area contributed by atoms with Crippen molar-refractivity contribution in [3.8, 4) is 0 Å². The van der Waals surface area contributed by atoms with Crippen molar-refractivity contribution in [2.45, 2.75) is 39.7 Å². The third-order valence-corrected chi connectivity index (χ3v) is 3.61. The number of nitrogens with one attached hydrogen (secondary N) is 1. The van der Waals surface area contributed by atoms with E-state index in [4.69, 9.17) is 10.9 Å². The highest BCUT2D eigenvalue weighted by Gasteiger charge is 2.23. The first kappa shape index (κ1) is 15.2. The highest BCUT2D eigenvalue weighted by atomic mass is 32.2. The average Bonchev–Trinajstić information content (AvgIpc) is 2.22. The van der Waals surface area contributed by atoms with Gasteiger partial charge in [0.2, 0.25) is 10.0 Å². The molecule has 4 N–H and O–H groups in total. The van der Waals surface area contributed by atoms with Gasteiger partial charge in [-0.15, -0.1) is 0 Å². The second-order valence-corrected chi connectivity index (χ2v) is 5.91. The quantitative estimate of drug-likeness (QED) is 0.265. The molecule has 1 unspecified atom stereocenters. The van der Waals surface area contributed by atoms with Crippen LogP contribution in [0.4, 0.5) is 0 Å². The van der Waals surface area contributed by atoms with Gasteiger partial charge in [-0.25, -0.2) is 13.1 Å². The van der Waals surface area contributed by atoms with Crippen LogP contribution >= 0.6 is 0 Å². The molecule has 0 radical (unpaired) electrons. The van der Waals surface area contributed by atoms with Gasteiger partial charge in [0.25, 0.3) is 0 Å². The minimum absolute atomic E-state index is 0.0609. The van der Waals surface area contributed by atoms with Crippen LogP contribution in [-0.4, -0.2) is 31.3 Å². The Bertz CT molecular complexity index is 325. The van der Waals surface area contributed by atoms with Crippen LogP contribution in [-0.2, 0) is 10.0 Å². The molecule has 0 aromatic rings. The van der Waals surface area contributed by atoms with Crippen molar-refractivity contribution in [1.29, 1.82) is 0 Å². The van der Waals surface area contributed by atoms with Gasteiger partial charge in [0.05, 0.1) is 11.8 Å². The van der Waals surface area contributed by atoms with E-state index >= 15 is 0 Å². The maximum Gasteiger partial charge on any atom is 0.212 e. The molecule has 0 amide bonds. The molecule has 0 spiro atoms. The average molecular weight is 251 g/mol. The Kier molecular flexibility index (Phi) is 6.35. The Hall–Kier alpha value is -0.820. The van der Waals surface area contributed by atoms with Gasteiger partial charge in [-0.1, -0.05) is 32.3 Å². The summed E-state index contributed by atoms with van der Waals surface area (Å²) < 4.78 is 25.7. The van der Waals surface area contributed by atoms with E-state index in [1.54, 1.807) is 13.8 Å². The molecule has 0 aliphatic heterocycles. The predicted molar refractivity (Wildman–Crippen MR) is 63.9 cm³/mol. The van der Waals surface area contributed by atoms with Crippen molar-refractivity contribution in [2.75, 3.05) is 5.75 Å². The zero-order chi connectivity index (χ0) is 12.8. The van der Waals surface area contributed by atoms with E-state index in [1.165, 1.54) is 0 Å². The number of unbranched alkanes of at least 4 members (excludes halogenated alkanes) is 1. The number of sulfonamides is 1. The fraction of sp³-hybridized carbons (Fsp3) is 0.889. The Morgan fingerprint density at radius 3 is 2.44 bits per heavy atom. The van der Waals surface area contributed by atoms with Crippen LogP contribution < -0.4 is 10.5 Å². The van der Waals surface area contributed by atoms with Gasteiger partial charge in [-0.05, 0) is 12.3 Å². The molecule has 1 atom stereocenters. The third kappa shape index (κ3) is 5.32. The normalized spacial score (nSPS) is 15.4. The lowest BCUT2D eigenvalue weighted by Gasteiger charge is -2.20. The van der Waals surface area contributed by atoms with Gasteiger partial charge in [0, 0.05) is 0 Å². The molecule has 0 aliphatic rings. The topological polar surface area (TPSA) is 105 Å². The summed E-state index contributed by atoms with van der Waals surface area (Å²) >= 11 is 0. The summed E-state index contributed by atoms with van der Waals surface area (Å²) in [5.41, 5.74) is 5.43. The van der Waals surface area contributed by atoms with E-state index in [9.17, 15) is 8.42 Å². The van der Waals surface area contributed by atoms with Crippen molar-refractivity contribution < 1.29 is 13.6 Å². The monoisotopic (exact) mass is 251 g/mol. The minimum Gasteiger partial charge on any atom is -0.409 e. The van der Waals surface area contributed by atoms with Gasteiger partial charge < -0.3 is 10.9 Å². The van der Waals surface area contributed by atoms with Gasteiger partial charge in [0.15, 0.2) is 5.84 Å². The molecule has 7 heteroatoms. The Balaban J connectivity index is 4.64. The number of nitrogens with zero attached hydrogens (tertiary/aromatic N) is 1. The highest BCUT2D eigenvalue weighted by molar-refractivity contribution is 7.89. The SMILES string of the molecule is CCCCS(=O)(=O)NC(C(N)=NO)C(C)C. The lowest BCUT2D eigenvalue weighted by atomic mass is 10.1. The Morgan fingerprint density at radius 1 is 1.50 bits per heavy atom.